The Bertz CT molecular complexity index is 134. The molecular weight excluding hydrogens is 184 g/mol. The van der Waals surface area contributed by atoms with Gasteiger partial charge >= 0.3 is 0 Å². The normalized spacial score (nSPS) is 15.6. The van der Waals surface area contributed by atoms with E-state index in [9.17, 15) is 0 Å². The standard InChI is InChI=1S/C13H30N2/c1-6-12(4)7-8-15-13(5)10-14-9-11(2)3/h11-15H,6-10H2,1-5H3. The summed E-state index contributed by atoms with van der Waals surface area (Å²) in [5.74, 6) is 1.60. The van der Waals surface area contributed by atoms with E-state index in [2.05, 4.69) is 45.3 Å². The Morgan fingerprint density at radius 3 is 2.20 bits per heavy atom. The van der Waals surface area contributed by atoms with E-state index in [1.54, 1.807) is 0 Å². The van der Waals surface area contributed by atoms with Gasteiger partial charge in [0.15, 0.2) is 0 Å². The Kier molecular flexibility index (Phi) is 9.12. The first-order valence-electron chi connectivity index (χ1n) is 6.50. The Labute approximate surface area is 96.2 Å². The third-order valence-corrected chi connectivity index (χ3v) is 2.83. The van der Waals surface area contributed by atoms with Gasteiger partial charge in [0.25, 0.3) is 0 Å². The number of nitrogens with one attached hydrogen (secondary N) is 2. The van der Waals surface area contributed by atoms with Crippen molar-refractivity contribution in [1.29, 1.82) is 0 Å². The Morgan fingerprint density at radius 1 is 1.00 bits per heavy atom. The molecule has 0 aliphatic heterocycles. The molecule has 0 aliphatic carbocycles. The van der Waals surface area contributed by atoms with E-state index in [-0.39, 0.29) is 0 Å². The van der Waals surface area contributed by atoms with Gasteiger partial charge in [-0.05, 0) is 38.3 Å². The molecule has 0 saturated heterocycles. The summed E-state index contributed by atoms with van der Waals surface area (Å²) >= 11 is 0. The van der Waals surface area contributed by atoms with Crippen molar-refractivity contribution >= 4 is 0 Å². The van der Waals surface area contributed by atoms with Gasteiger partial charge in [-0.15, -0.1) is 0 Å². The summed E-state index contributed by atoms with van der Waals surface area (Å²) in [4.78, 5) is 0. The van der Waals surface area contributed by atoms with Gasteiger partial charge < -0.3 is 10.6 Å². The molecule has 0 heterocycles. The molecule has 0 aromatic carbocycles. The zero-order valence-electron chi connectivity index (χ0n) is 11.3. The van der Waals surface area contributed by atoms with Gasteiger partial charge in [0, 0.05) is 12.6 Å². The van der Waals surface area contributed by atoms with Gasteiger partial charge in [0.2, 0.25) is 0 Å². The average molecular weight is 214 g/mol. The van der Waals surface area contributed by atoms with Crippen molar-refractivity contribution in [1.82, 2.24) is 10.6 Å². The zero-order valence-corrected chi connectivity index (χ0v) is 11.3. The van der Waals surface area contributed by atoms with Crippen LogP contribution in [0.5, 0.6) is 0 Å². The quantitative estimate of drug-likeness (QED) is 0.616. The molecule has 0 rings (SSSR count). The lowest BCUT2D eigenvalue weighted by Crippen LogP contribution is -2.38. The Balaban J connectivity index is 3.29. The fourth-order valence-corrected chi connectivity index (χ4v) is 1.44. The molecule has 92 valence electrons. The summed E-state index contributed by atoms with van der Waals surface area (Å²) in [5, 5.41) is 7.03. The van der Waals surface area contributed by atoms with E-state index >= 15 is 0 Å². The van der Waals surface area contributed by atoms with Crippen LogP contribution in [0.2, 0.25) is 0 Å². The highest BCUT2D eigenvalue weighted by atomic mass is 15.0. The zero-order chi connectivity index (χ0) is 11.7. The Hall–Kier alpha value is -0.0800. The van der Waals surface area contributed by atoms with Crippen molar-refractivity contribution in [2.24, 2.45) is 11.8 Å². The topological polar surface area (TPSA) is 24.1 Å². The molecule has 2 unspecified atom stereocenters. The van der Waals surface area contributed by atoms with E-state index in [4.69, 9.17) is 0 Å². The summed E-state index contributed by atoms with van der Waals surface area (Å²) in [5.41, 5.74) is 0. The monoisotopic (exact) mass is 214 g/mol. The average Bonchev–Trinajstić information content (AvgIpc) is 2.17. The minimum absolute atomic E-state index is 0.591. The highest BCUT2D eigenvalue weighted by Gasteiger charge is 2.02. The molecule has 0 aromatic heterocycles. The molecule has 0 fully saturated rings. The largest absolute Gasteiger partial charge is 0.315 e. The third-order valence-electron chi connectivity index (χ3n) is 2.83. The van der Waals surface area contributed by atoms with Crippen LogP contribution in [-0.4, -0.2) is 25.7 Å². The SMILES string of the molecule is CCC(C)CCNC(C)CNCC(C)C. The van der Waals surface area contributed by atoms with Gasteiger partial charge in [0.1, 0.15) is 0 Å². The lowest BCUT2D eigenvalue weighted by molar-refractivity contribution is 0.434. The predicted molar refractivity (Wildman–Crippen MR) is 69.2 cm³/mol. The Morgan fingerprint density at radius 2 is 1.67 bits per heavy atom. The van der Waals surface area contributed by atoms with Gasteiger partial charge in [0.05, 0.1) is 0 Å². The van der Waals surface area contributed by atoms with E-state index < -0.39 is 0 Å². The van der Waals surface area contributed by atoms with Crippen LogP contribution >= 0.6 is 0 Å². The summed E-state index contributed by atoms with van der Waals surface area (Å²) in [6, 6.07) is 0.591. The van der Waals surface area contributed by atoms with Crippen molar-refractivity contribution < 1.29 is 0 Å². The van der Waals surface area contributed by atoms with Crippen LogP contribution in [0.1, 0.15) is 47.5 Å². The van der Waals surface area contributed by atoms with Crippen LogP contribution in [-0.2, 0) is 0 Å². The summed E-state index contributed by atoms with van der Waals surface area (Å²) in [7, 11) is 0. The maximum absolute atomic E-state index is 3.56. The highest BCUT2D eigenvalue weighted by molar-refractivity contribution is 4.65. The molecule has 2 nitrogen and oxygen atoms in total. The highest BCUT2D eigenvalue weighted by Crippen LogP contribution is 2.04. The molecule has 0 saturated carbocycles. The number of hydrogen-bond donors (Lipinski definition) is 2. The van der Waals surface area contributed by atoms with E-state index in [0.29, 0.717) is 6.04 Å². The van der Waals surface area contributed by atoms with Gasteiger partial charge in [-0.1, -0.05) is 34.1 Å². The van der Waals surface area contributed by atoms with E-state index in [0.717, 1.165) is 31.5 Å². The first-order chi connectivity index (χ1) is 7.06. The minimum atomic E-state index is 0.591. The predicted octanol–water partition coefficient (Wildman–Crippen LogP) is 2.65. The molecule has 0 bridgehead atoms. The molecule has 0 aliphatic rings. The van der Waals surface area contributed by atoms with Crippen LogP contribution in [0.15, 0.2) is 0 Å². The van der Waals surface area contributed by atoms with Crippen LogP contribution in [0.3, 0.4) is 0 Å². The second-order valence-electron chi connectivity index (χ2n) is 5.21. The van der Waals surface area contributed by atoms with Crippen molar-refractivity contribution in [2.45, 2.75) is 53.5 Å². The second-order valence-corrected chi connectivity index (χ2v) is 5.21. The van der Waals surface area contributed by atoms with Crippen LogP contribution in [0.4, 0.5) is 0 Å². The number of hydrogen-bond acceptors (Lipinski definition) is 2. The molecular formula is C13H30N2. The molecule has 0 amide bonds. The molecule has 2 atom stereocenters. The fourth-order valence-electron chi connectivity index (χ4n) is 1.44. The van der Waals surface area contributed by atoms with Crippen molar-refractivity contribution in [3.63, 3.8) is 0 Å². The molecule has 0 spiro atoms. The molecule has 15 heavy (non-hydrogen) atoms. The van der Waals surface area contributed by atoms with E-state index in [1.807, 2.05) is 0 Å². The van der Waals surface area contributed by atoms with Crippen molar-refractivity contribution in [3.05, 3.63) is 0 Å². The van der Waals surface area contributed by atoms with Gasteiger partial charge in [-0.2, -0.15) is 0 Å². The molecule has 0 aromatic rings. The third kappa shape index (κ3) is 10.2. The second kappa shape index (κ2) is 9.17. The first-order valence-corrected chi connectivity index (χ1v) is 6.50. The molecule has 0 radical (unpaired) electrons. The van der Waals surface area contributed by atoms with Crippen LogP contribution < -0.4 is 10.6 Å². The van der Waals surface area contributed by atoms with Crippen LogP contribution in [0.25, 0.3) is 0 Å². The fraction of sp³-hybridized carbons (Fsp3) is 1.00. The van der Waals surface area contributed by atoms with E-state index in [1.165, 1.54) is 12.8 Å². The lowest BCUT2D eigenvalue weighted by atomic mass is 10.1. The molecule has 2 N–H and O–H groups in total. The summed E-state index contributed by atoms with van der Waals surface area (Å²) in [6.07, 6.45) is 2.59. The maximum Gasteiger partial charge on any atom is 0.0164 e. The molecule has 2 heteroatoms. The maximum atomic E-state index is 3.56. The first kappa shape index (κ1) is 14.9. The van der Waals surface area contributed by atoms with Crippen molar-refractivity contribution in [3.8, 4) is 0 Å². The van der Waals surface area contributed by atoms with Gasteiger partial charge in [-0.3, -0.25) is 0 Å². The van der Waals surface area contributed by atoms with Crippen LogP contribution in [0, 0.1) is 11.8 Å². The smallest absolute Gasteiger partial charge is 0.0164 e. The summed E-state index contributed by atoms with van der Waals surface area (Å²) < 4.78 is 0. The van der Waals surface area contributed by atoms with Gasteiger partial charge in [-0.25, -0.2) is 0 Å². The summed E-state index contributed by atoms with van der Waals surface area (Å²) in [6.45, 7) is 14.7. The minimum Gasteiger partial charge on any atom is -0.315 e. The number of rotatable bonds is 9. The lowest BCUT2D eigenvalue weighted by Gasteiger charge is -2.17. The van der Waals surface area contributed by atoms with Crippen molar-refractivity contribution in [2.75, 3.05) is 19.6 Å².